The first kappa shape index (κ1) is 12.4. The van der Waals surface area contributed by atoms with Gasteiger partial charge in [-0.2, -0.15) is 5.10 Å². The molecule has 3 nitrogen and oxygen atoms in total. The zero-order chi connectivity index (χ0) is 13.4. The van der Waals surface area contributed by atoms with Gasteiger partial charge >= 0.3 is 0 Å². The van der Waals surface area contributed by atoms with Crippen LogP contribution in [0, 0.1) is 12.7 Å². The number of aromatic nitrogens is 2. The lowest BCUT2D eigenvalue weighted by atomic mass is 10.0. The van der Waals surface area contributed by atoms with Gasteiger partial charge in [0.05, 0.1) is 12.2 Å². The molecule has 0 bridgehead atoms. The van der Waals surface area contributed by atoms with Gasteiger partial charge < -0.3 is 0 Å². The molecule has 1 aromatic heterocycles. The summed E-state index contributed by atoms with van der Waals surface area (Å²) in [5.41, 5.74) is 2.23. The van der Waals surface area contributed by atoms with Crippen molar-refractivity contribution < 1.29 is 4.39 Å². The molecule has 1 aliphatic heterocycles. The zero-order valence-corrected chi connectivity index (χ0v) is 11.3. The lowest BCUT2D eigenvalue weighted by molar-refractivity contribution is 0.0595. The number of rotatable bonds is 3. The highest BCUT2D eigenvalue weighted by Crippen LogP contribution is 2.30. The first-order chi connectivity index (χ1) is 9.13. The predicted octanol–water partition coefficient (Wildman–Crippen LogP) is 2.95. The fourth-order valence-corrected chi connectivity index (χ4v) is 2.58. The maximum Gasteiger partial charge on any atom is 0.123 e. The first-order valence-corrected chi connectivity index (χ1v) is 6.64. The first-order valence-electron chi connectivity index (χ1n) is 6.64. The van der Waals surface area contributed by atoms with E-state index in [1.807, 2.05) is 16.9 Å². The smallest absolute Gasteiger partial charge is 0.123 e. The lowest BCUT2D eigenvalue weighted by Gasteiger charge is -2.43. The molecule has 1 aromatic carbocycles. The number of benzene rings is 1. The second-order valence-electron chi connectivity index (χ2n) is 5.34. The Bertz CT molecular complexity index is 572. The minimum absolute atomic E-state index is 0.163. The third-order valence-electron chi connectivity index (χ3n) is 3.87. The van der Waals surface area contributed by atoms with Crippen LogP contribution in [0.25, 0.3) is 0 Å². The molecule has 0 aliphatic carbocycles. The lowest BCUT2D eigenvalue weighted by Crippen LogP contribution is -2.48. The van der Waals surface area contributed by atoms with Crippen LogP contribution in [0.4, 0.5) is 4.39 Å². The van der Waals surface area contributed by atoms with Gasteiger partial charge in [0.2, 0.25) is 0 Å². The minimum atomic E-state index is -0.163. The van der Waals surface area contributed by atoms with E-state index in [1.54, 1.807) is 12.1 Å². The van der Waals surface area contributed by atoms with Crippen molar-refractivity contribution in [1.29, 1.82) is 0 Å². The molecule has 19 heavy (non-hydrogen) atoms. The van der Waals surface area contributed by atoms with Crippen molar-refractivity contribution in [1.82, 2.24) is 14.7 Å². The van der Waals surface area contributed by atoms with Crippen LogP contribution in [0.15, 0.2) is 36.7 Å². The molecule has 1 fully saturated rings. The largest absolute Gasteiger partial charge is 0.292 e. The molecule has 2 heterocycles. The summed E-state index contributed by atoms with van der Waals surface area (Å²) in [5, 5.41) is 4.35. The second-order valence-corrected chi connectivity index (χ2v) is 5.34. The molecule has 1 aliphatic rings. The molecule has 1 unspecified atom stereocenters. The quantitative estimate of drug-likeness (QED) is 0.845. The van der Waals surface area contributed by atoms with E-state index in [9.17, 15) is 4.39 Å². The number of hydrogen-bond acceptors (Lipinski definition) is 2. The Labute approximate surface area is 112 Å². The molecule has 1 atom stereocenters. The predicted molar refractivity (Wildman–Crippen MR) is 72.4 cm³/mol. The molecule has 0 spiro atoms. The number of nitrogens with zero attached hydrogens (tertiary/aromatic N) is 3. The van der Waals surface area contributed by atoms with Gasteiger partial charge in [0, 0.05) is 25.3 Å². The summed E-state index contributed by atoms with van der Waals surface area (Å²) in [6.45, 7) is 6.12. The summed E-state index contributed by atoms with van der Waals surface area (Å²) >= 11 is 0. The van der Waals surface area contributed by atoms with Crippen molar-refractivity contribution >= 4 is 0 Å². The molecular weight excluding hydrogens is 241 g/mol. The van der Waals surface area contributed by atoms with Gasteiger partial charge in [0.1, 0.15) is 5.82 Å². The minimum Gasteiger partial charge on any atom is -0.292 e. The number of halogens is 1. The maximum atomic E-state index is 13.2. The van der Waals surface area contributed by atoms with E-state index in [0.29, 0.717) is 6.04 Å². The maximum absolute atomic E-state index is 13.2. The van der Waals surface area contributed by atoms with E-state index in [0.717, 1.165) is 18.7 Å². The SMILES string of the molecule is Cc1cnn(C2CN(C(C)c3cccc(F)c3)C2)c1. The Balaban J connectivity index is 1.64. The van der Waals surface area contributed by atoms with E-state index >= 15 is 0 Å². The molecule has 2 aromatic rings. The monoisotopic (exact) mass is 259 g/mol. The van der Waals surface area contributed by atoms with E-state index in [1.165, 1.54) is 11.6 Å². The van der Waals surface area contributed by atoms with Crippen molar-refractivity contribution in [2.24, 2.45) is 0 Å². The van der Waals surface area contributed by atoms with Crippen molar-refractivity contribution in [2.45, 2.75) is 25.9 Å². The van der Waals surface area contributed by atoms with Gasteiger partial charge in [-0.15, -0.1) is 0 Å². The van der Waals surface area contributed by atoms with Gasteiger partial charge in [-0.3, -0.25) is 9.58 Å². The van der Waals surface area contributed by atoms with Crippen LogP contribution in [0.3, 0.4) is 0 Å². The van der Waals surface area contributed by atoms with Crippen LogP contribution in [-0.2, 0) is 0 Å². The molecule has 0 amide bonds. The van der Waals surface area contributed by atoms with Gasteiger partial charge in [0.25, 0.3) is 0 Å². The Morgan fingerprint density at radius 3 is 2.79 bits per heavy atom. The summed E-state index contributed by atoms with van der Waals surface area (Å²) in [4.78, 5) is 2.34. The van der Waals surface area contributed by atoms with Crippen LogP contribution >= 0.6 is 0 Å². The molecular formula is C15H18FN3. The number of hydrogen-bond donors (Lipinski definition) is 0. The molecule has 100 valence electrons. The fraction of sp³-hybridized carbons (Fsp3) is 0.400. The molecule has 0 N–H and O–H groups in total. The van der Waals surface area contributed by atoms with Crippen LogP contribution in [0.2, 0.25) is 0 Å². The van der Waals surface area contributed by atoms with Crippen LogP contribution < -0.4 is 0 Å². The fourth-order valence-electron chi connectivity index (χ4n) is 2.58. The van der Waals surface area contributed by atoms with Gasteiger partial charge in [-0.1, -0.05) is 12.1 Å². The van der Waals surface area contributed by atoms with E-state index in [-0.39, 0.29) is 11.9 Å². The third-order valence-corrected chi connectivity index (χ3v) is 3.87. The highest BCUT2D eigenvalue weighted by molar-refractivity contribution is 5.20. The summed E-state index contributed by atoms with van der Waals surface area (Å²) in [6.07, 6.45) is 3.97. The van der Waals surface area contributed by atoms with Crippen molar-refractivity contribution in [3.05, 3.63) is 53.6 Å². The second kappa shape index (κ2) is 4.78. The Kier molecular flexibility index (Phi) is 3.11. The Morgan fingerprint density at radius 2 is 2.16 bits per heavy atom. The van der Waals surface area contributed by atoms with Gasteiger partial charge in [0.15, 0.2) is 0 Å². The van der Waals surface area contributed by atoms with Gasteiger partial charge in [-0.05, 0) is 37.1 Å². The summed E-state index contributed by atoms with van der Waals surface area (Å²) in [7, 11) is 0. The van der Waals surface area contributed by atoms with Crippen molar-refractivity contribution in [2.75, 3.05) is 13.1 Å². The van der Waals surface area contributed by atoms with Crippen LogP contribution in [0.1, 0.15) is 30.1 Å². The molecule has 1 saturated heterocycles. The Hall–Kier alpha value is -1.68. The zero-order valence-electron chi connectivity index (χ0n) is 11.3. The van der Waals surface area contributed by atoms with E-state index < -0.39 is 0 Å². The molecule has 0 radical (unpaired) electrons. The van der Waals surface area contributed by atoms with Crippen molar-refractivity contribution in [3.8, 4) is 0 Å². The highest BCUT2D eigenvalue weighted by atomic mass is 19.1. The summed E-state index contributed by atoms with van der Waals surface area (Å²) < 4.78 is 15.3. The standard InChI is InChI=1S/C15H18FN3/c1-11-7-17-19(8-11)15-9-18(10-15)12(2)13-4-3-5-14(16)6-13/h3-8,12,15H,9-10H2,1-2H3. The average molecular weight is 259 g/mol. The average Bonchev–Trinajstić information content (AvgIpc) is 2.73. The van der Waals surface area contributed by atoms with Crippen molar-refractivity contribution in [3.63, 3.8) is 0 Å². The number of likely N-dealkylation sites (tertiary alicyclic amines) is 1. The summed E-state index contributed by atoms with van der Waals surface area (Å²) in [6, 6.07) is 7.57. The van der Waals surface area contributed by atoms with E-state index in [2.05, 4.69) is 30.0 Å². The normalized spacial score (nSPS) is 18.3. The van der Waals surface area contributed by atoms with Crippen LogP contribution in [-0.4, -0.2) is 27.8 Å². The molecule has 3 rings (SSSR count). The number of aryl methyl sites for hydroxylation is 1. The highest BCUT2D eigenvalue weighted by Gasteiger charge is 2.32. The Morgan fingerprint density at radius 1 is 1.37 bits per heavy atom. The third kappa shape index (κ3) is 2.40. The topological polar surface area (TPSA) is 21.1 Å². The summed E-state index contributed by atoms with van der Waals surface area (Å²) in [5.74, 6) is -0.163. The van der Waals surface area contributed by atoms with Gasteiger partial charge in [-0.25, -0.2) is 4.39 Å². The van der Waals surface area contributed by atoms with E-state index in [4.69, 9.17) is 0 Å². The molecule has 4 heteroatoms. The molecule has 0 saturated carbocycles. The van der Waals surface area contributed by atoms with Crippen LogP contribution in [0.5, 0.6) is 0 Å².